The summed E-state index contributed by atoms with van der Waals surface area (Å²) >= 11 is 0. The topological polar surface area (TPSA) is 3.24 Å². The molecular formula is C11H23N. The van der Waals surface area contributed by atoms with E-state index in [2.05, 4.69) is 32.6 Å². The molecule has 0 spiro atoms. The lowest BCUT2D eigenvalue weighted by atomic mass is 9.81. The van der Waals surface area contributed by atoms with Crippen molar-refractivity contribution in [3.63, 3.8) is 0 Å². The fourth-order valence-corrected chi connectivity index (χ4v) is 3.02. The average molecular weight is 169 g/mol. The van der Waals surface area contributed by atoms with Crippen LogP contribution in [0.25, 0.3) is 0 Å². The highest BCUT2D eigenvalue weighted by atomic mass is 15.2. The summed E-state index contributed by atoms with van der Waals surface area (Å²) in [7, 11) is 0. The molecule has 1 aliphatic heterocycles. The second-order valence-electron chi connectivity index (χ2n) is 4.08. The molecule has 0 unspecified atom stereocenters. The van der Waals surface area contributed by atoms with E-state index in [1.807, 2.05) is 0 Å². The van der Waals surface area contributed by atoms with Crippen molar-refractivity contribution in [1.82, 2.24) is 4.90 Å². The molecule has 0 aliphatic carbocycles. The molecule has 1 aliphatic rings. The molecule has 1 fully saturated rings. The molecule has 1 heterocycles. The Morgan fingerprint density at radius 3 is 2.17 bits per heavy atom. The third-order valence-corrected chi connectivity index (χ3v) is 3.99. The molecular weight excluding hydrogens is 146 g/mol. The van der Waals surface area contributed by atoms with Crippen molar-refractivity contribution in [1.29, 1.82) is 0 Å². The van der Waals surface area contributed by atoms with Crippen molar-refractivity contribution in [3.8, 4) is 0 Å². The summed E-state index contributed by atoms with van der Waals surface area (Å²) < 4.78 is 0. The monoisotopic (exact) mass is 169 g/mol. The molecule has 0 bridgehead atoms. The van der Waals surface area contributed by atoms with E-state index in [9.17, 15) is 0 Å². The minimum absolute atomic E-state index is 0.536. The van der Waals surface area contributed by atoms with Gasteiger partial charge < -0.3 is 0 Å². The second kappa shape index (κ2) is 3.78. The van der Waals surface area contributed by atoms with E-state index in [0.29, 0.717) is 5.54 Å². The first kappa shape index (κ1) is 10.0. The normalized spacial score (nSPS) is 29.5. The van der Waals surface area contributed by atoms with Crippen molar-refractivity contribution in [2.45, 2.75) is 52.5 Å². The second-order valence-corrected chi connectivity index (χ2v) is 4.08. The van der Waals surface area contributed by atoms with Crippen LogP contribution in [0.15, 0.2) is 0 Å². The number of likely N-dealkylation sites (tertiary alicyclic amines) is 1. The standard InChI is InChI=1S/C11H23N/c1-5-11(6-2)10(4)8-9-12(11)7-3/h10H,5-9H2,1-4H3/t10-/m1/s1. The van der Waals surface area contributed by atoms with Crippen molar-refractivity contribution in [3.05, 3.63) is 0 Å². The fraction of sp³-hybridized carbons (Fsp3) is 1.00. The van der Waals surface area contributed by atoms with E-state index in [1.54, 1.807) is 0 Å². The van der Waals surface area contributed by atoms with Crippen LogP contribution in [0.2, 0.25) is 0 Å². The van der Waals surface area contributed by atoms with Crippen LogP contribution in [0.5, 0.6) is 0 Å². The molecule has 12 heavy (non-hydrogen) atoms. The van der Waals surface area contributed by atoms with Crippen LogP contribution in [-0.2, 0) is 0 Å². The maximum atomic E-state index is 2.68. The van der Waals surface area contributed by atoms with Gasteiger partial charge in [-0.15, -0.1) is 0 Å². The Balaban J connectivity index is 2.78. The predicted octanol–water partition coefficient (Wildman–Crippen LogP) is 2.91. The number of nitrogens with zero attached hydrogens (tertiary/aromatic N) is 1. The van der Waals surface area contributed by atoms with E-state index in [4.69, 9.17) is 0 Å². The van der Waals surface area contributed by atoms with Crippen LogP contribution in [0.1, 0.15) is 47.0 Å². The van der Waals surface area contributed by atoms with Gasteiger partial charge in [-0.2, -0.15) is 0 Å². The molecule has 1 atom stereocenters. The first-order valence-electron chi connectivity index (χ1n) is 5.46. The zero-order valence-corrected chi connectivity index (χ0v) is 9.06. The molecule has 0 N–H and O–H groups in total. The van der Waals surface area contributed by atoms with Crippen molar-refractivity contribution >= 4 is 0 Å². The van der Waals surface area contributed by atoms with Gasteiger partial charge in [0.05, 0.1) is 0 Å². The minimum atomic E-state index is 0.536. The fourth-order valence-electron chi connectivity index (χ4n) is 3.02. The largest absolute Gasteiger partial charge is 0.298 e. The molecule has 1 rings (SSSR count). The Hall–Kier alpha value is -0.0400. The minimum Gasteiger partial charge on any atom is -0.298 e. The van der Waals surface area contributed by atoms with E-state index in [0.717, 1.165) is 5.92 Å². The van der Waals surface area contributed by atoms with Crippen LogP contribution in [0.3, 0.4) is 0 Å². The van der Waals surface area contributed by atoms with Gasteiger partial charge in [-0.3, -0.25) is 4.90 Å². The maximum absolute atomic E-state index is 2.68. The Morgan fingerprint density at radius 1 is 1.25 bits per heavy atom. The maximum Gasteiger partial charge on any atom is 0.0230 e. The Bertz CT molecular complexity index is 138. The molecule has 72 valence electrons. The van der Waals surface area contributed by atoms with Crippen LogP contribution >= 0.6 is 0 Å². The Labute approximate surface area is 77.1 Å². The highest BCUT2D eigenvalue weighted by Crippen LogP contribution is 2.39. The van der Waals surface area contributed by atoms with Crippen LogP contribution in [0.4, 0.5) is 0 Å². The van der Waals surface area contributed by atoms with E-state index >= 15 is 0 Å². The lowest BCUT2D eigenvalue weighted by Gasteiger charge is -2.40. The van der Waals surface area contributed by atoms with Crippen LogP contribution < -0.4 is 0 Å². The highest BCUT2D eigenvalue weighted by molar-refractivity contribution is 4.97. The van der Waals surface area contributed by atoms with Crippen LogP contribution in [-0.4, -0.2) is 23.5 Å². The summed E-state index contributed by atoms with van der Waals surface area (Å²) in [6.07, 6.45) is 4.03. The molecule has 0 aromatic rings. The van der Waals surface area contributed by atoms with Crippen LogP contribution in [0, 0.1) is 5.92 Å². The molecule has 1 heteroatoms. The van der Waals surface area contributed by atoms with E-state index in [-0.39, 0.29) is 0 Å². The summed E-state index contributed by atoms with van der Waals surface area (Å²) in [6.45, 7) is 11.9. The highest BCUT2D eigenvalue weighted by Gasteiger charge is 2.42. The van der Waals surface area contributed by atoms with E-state index < -0.39 is 0 Å². The quantitative estimate of drug-likeness (QED) is 0.628. The first-order chi connectivity index (χ1) is 5.71. The lowest BCUT2D eigenvalue weighted by Crippen LogP contribution is -2.46. The average Bonchev–Trinajstić information content (AvgIpc) is 2.42. The molecule has 0 aromatic carbocycles. The number of rotatable bonds is 3. The third kappa shape index (κ3) is 1.28. The molecule has 0 saturated carbocycles. The zero-order valence-electron chi connectivity index (χ0n) is 9.06. The van der Waals surface area contributed by atoms with Gasteiger partial charge in [0.15, 0.2) is 0 Å². The van der Waals surface area contributed by atoms with Gasteiger partial charge in [0.2, 0.25) is 0 Å². The van der Waals surface area contributed by atoms with Gasteiger partial charge >= 0.3 is 0 Å². The zero-order chi connectivity index (χ0) is 9.19. The van der Waals surface area contributed by atoms with Gasteiger partial charge in [0, 0.05) is 5.54 Å². The summed E-state index contributed by atoms with van der Waals surface area (Å²) in [5.74, 6) is 0.896. The van der Waals surface area contributed by atoms with Gasteiger partial charge in [-0.05, 0) is 38.3 Å². The van der Waals surface area contributed by atoms with Crippen molar-refractivity contribution in [2.24, 2.45) is 5.92 Å². The third-order valence-electron chi connectivity index (χ3n) is 3.99. The number of hydrogen-bond acceptors (Lipinski definition) is 1. The smallest absolute Gasteiger partial charge is 0.0230 e. The summed E-state index contributed by atoms with van der Waals surface area (Å²) in [5, 5.41) is 0. The Kier molecular flexibility index (Phi) is 3.16. The molecule has 0 amide bonds. The first-order valence-corrected chi connectivity index (χ1v) is 5.46. The van der Waals surface area contributed by atoms with E-state index in [1.165, 1.54) is 32.4 Å². The summed E-state index contributed by atoms with van der Waals surface area (Å²) in [5.41, 5.74) is 0.536. The molecule has 0 radical (unpaired) electrons. The molecule has 1 nitrogen and oxygen atoms in total. The van der Waals surface area contributed by atoms with Gasteiger partial charge in [0.1, 0.15) is 0 Å². The van der Waals surface area contributed by atoms with Crippen molar-refractivity contribution in [2.75, 3.05) is 13.1 Å². The predicted molar refractivity (Wildman–Crippen MR) is 54.3 cm³/mol. The summed E-state index contributed by atoms with van der Waals surface area (Å²) in [4.78, 5) is 2.68. The number of hydrogen-bond donors (Lipinski definition) is 0. The van der Waals surface area contributed by atoms with Gasteiger partial charge in [0.25, 0.3) is 0 Å². The SMILES string of the molecule is CCN1CC[C@@H](C)C1(CC)CC. The lowest BCUT2D eigenvalue weighted by molar-refractivity contribution is 0.102. The van der Waals surface area contributed by atoms with Gasteiger partial charge in [-0.1, -0.05) is 27.7 Å². The van der Waals surface area contributed by atoms with Crippen molar-refractivity contribution < 1.29 is 0 Å². The van der Waals surface area contributed by atoms with Gasteiger partial charge in [-0.25, -0.2) is 0 Å². The Morgan fingerprint density at radius 2 is 1.83 bits per heavy atom. The summed E-state index contributed by atoms with van der Waals surface area (Å²) in [6, 6.07) is 0. The molecule has 1 saturated heterocycles. The molecule has 0 aromatic heterocycles.